The highest BCUT2D eigenvalue weighted by Gasteiger charge is 2.15. The lowest BCUT2D eigenvalue weighted by atomic mass is 9.98. The third-order valence-electron chi connectivity index (χ3n) is 5.75. The van der Waals surface area contributed by atoms with E-state index in [1.54, 1.807) is 32.5 Å². The molecule has 3 heterocycles. The van der Waals surface area contributed by atoms with Gasteiger partial charge in [-0.15, -0.1) is 0 Å². The minimum atomic E-state index is -0.151. The van der Waals surface area contributed by atoms with Crippen LogP contribution in [0, 0.1) is 0 Å². The van der Waals surface area contributed by atoms with Crippen LogP contribution in [-0.4, -0.2) is 57.8 Å². The Morgan fingerprint density at radius 1 is 1.17 bits per heavy atom. The fourth-order valence-corrected chi connectivity index (χ4v) is 3.89. The molecule has 0 bridgehead atoms. The van der Waals surface area contributed by atoms with Crippen molar-refractivity contribution in [2.45, 2.75) is 19.4 Å². The number of aliphatic hydroxyl groups is 1. The van der Waals surface area contributed by atoms with Crippen LogP contribution in [0.15, 0.2) is 55.1 Å². The molecule has 0 aliphatic rings. The van der Waals surface area contributed by atoms with Gasteiger partial charge in [0.1, 0.15) is 23.5 Å². The van der Waals surface area contributed by atoms with Crippen LogP contribution in [0.4, 0.5) is 5.82 Å². The van der Waals surface area contributed by atoms with Crippen molar-refractivity contribution in [2.24, 2.45) is 0 Å². The van der Waals surface area contributed by atoms with Crippen LogP contribution in [0.3, 0.4) is 0 Å². The molecule has 0 unspecified atom stereocenters. The van der Waals surface area contributed by atoms with Crippen molar-refractivity contribution in [3.8, 4) is 17.0 Å². The number of nitrogens with one attached hydrogen (secondary N) is 2. The van der Waals surface area contributed by atoms with Gasteiger partial charge in [-0.05, 0) is 29.8 Å². The lowest BCUT2D eigenvalue weighted by molar-refractivity contribution is 0.0962. The first kappa shape index (κ1) is 26.0. The van der Waals surface area contributed by atoms with Crippen LogP contribution in [0.5, 0.6) is 5.75 Å². The third kappa shape index (κ3) is 5.72. The number of ether oxygens (including phenoxy) is 1. The first-order valence-electron chi connectivity index (χ1n) is 11.1. The van der Waals surface area contributed by atoms with E-state index in [0.29, 0.717) is 30.2 Å². The van der Waals surface area contributed by atoms with E-state index < -0.39 is 0 Å². The molecule has 1 atom stereocenters. The van der Waals surface area contributed by atoms with Gasteiger partial charge in [0.2, 0.25) is 0 Å². The van der Waals surface area contributed by atoms with Gasteiger partial charge in [-0.25, -0.2) is 15.0 Å². The first-order chi connectivity index (χ1) is 16.5. The molecular formula is C25H30N6O3S. The average Bonchev–Trinajstić information content (AvgIpc) is 3.28. The average molecular weight is 495 g/mol. The maximum atomic E-state index is 11.9. The minimum Gasteiger partial charge on any atom is -0.496 e. The molecule has 0 aliphatic heterocycles. The number of aromatic nitrogens is 4. The van der Waals surface area contributed by atoms with E-state index in [0.717, 1.165) is 27.9 Å². The fraction of sp³-hybridized carbons (Fsp3) is 0.280. The molecule has 0 aliphatic carbocycles. The van der Waals surface area contributed by atoms with E-state index in [1.165, 1.54) is 6.33 Å². The van der Waals surface area contributed by atoms with Gasteiger partial charge in [0.05, 0.1) is 19.4 Å². The quantitative estimate of drug-likeness (QED) is 0.327. The molecular weight excluding hydrogens is 464 g/mol. The van der Waals surface area contributed by atoms with Crippen LogP contribution in [-0.2, 0) is 6.54 Å². The van der Waals surface area contributed by atoms with Crippen molar-refractivity contribution >= 4 is 36.3 Å². The molecule has 0 saturated carbocycles. The van der Waals surface area contributed by atoms with E-state index in [9.17, 15) is 9.90 Å². The number of methoxy groups -OCH3 is 1. The van der Waals surface area contributed by atoms with Crippen LogP contribution < -0.4 is 15.4 Å². The molecule has 35 heavy (non-hydrogen) atoms. The number of hydrogen-bond donors (Lipinski definition) is 3. The van der Waals surface area contributed by atoms with Gasteiger partial charge in [0.25, 0.3) is 5.91 Å². The largest absolute Gasteiger partial charge is 0.496 e. The zero-order valence-electron chi connectivity index (χ0n) is 19.9. The van der Waals surface area contributed by atoms with Gasteiger partial charge < -0.3 is 25.0 Å². The van der Waals surface area contributed by atoms with E-state index in [1.807, 2.05) is 35.0 Å². The molecule has 1 amide bonds. The Balaban J connectivity index is 0.00000342. The predicted molar refractivity (Wildman–Crippen MR) is 142 cm³/mol. The summed E-state index contributed by atoms with van der Waals surface area (Å²) in [6, 6.07) is 11.4. The highest BCUT2D eigenvalue weighted by molar-refractivity contribution is 7.59. The summed E-state index contributed by atoms with van der Waals surface area (Å²) in [5.74, 6) is 1.33. The van der Waals surface area contributed by atoms with Gasteiger partial charge in [-0.2, -0.15) is 13.5 Å². The predicted octanol–water partition coefficient (Wildman–Crippen LogP) is 3.18. The first-order valence-corrected chi connectivity index (χ1v) is 11.1. The molecule has 4 aromatic rings. The van der Waals surface area contributed by atoms with E-state index in [4.69, 9.17) is 4.74 Å². The SMILES string of the molecule is CNC(=O)c1ccc([C@H](C)CNc2cc(-c3cnc4c(ccn4CCO)c3)ncn2)c(OC)c1.S. The van der Waals surface area contributed by atoms with Crippen molar-refractivity contribution in [1.82, 2.24) is 24.8 Å². The topological polar surface area (TPSA) is 114 Å². The van der Waals surface area contributed by atoms with Crippen LogP contribution >= 0.6 is 13.5 Å². The Morgan fingerprint density at radius 3 is 2.74 bits per heavy atom. The summed E-state index contributed by atoms with van der Waals surface area (Å²) in [5.41, 5.74) is 4.04. The summed E-state index contributed by atoms with van der Waals surface area (Å²) in [6.07, 6.45) is 5.23. The van der Waals surface area contributed by atoms with E-state index in [2.05, 4.69) is 32.5 Å². The van der Waals surface area contributed by atoms with Crippen molar-refractivity contribution < 1.29 is 14.6 Å². The number of hydrogen-bond acceptors (Lipinski definition) is 7. The summed E-state index contributed by atoms with van der Waals surface area (Å²) >= 11 is 0. The lowest BCUT2D eigenvalue weighted by Crippen LogP contribution is -2.18. The molecule has 3 aromatic heterocycles. The Morgan fingerprint density at radius 2 is 2.00 bits per heavy atom. The lowest BCUT2D eigenvalue weighted by Gasteiger charge is -2.17. The third-order valence-corrected chi connectivity index (χ3v) is 5.75. The summed E-state index contributed by atoms with van der Waals surface area (Å²) in [6.45, 7) is 3.28. The molecule has 0 saturated heterocycles. The summed E-state index contributed by atoms with van der Waals surface area (Å²) < 4.78 is 7.45. The Bertz CT molecular complexity index is 1310. The molecule has 10 heteroatoms. The Kier molecular flexibility index (Phi) is 8.67. The van der Waals surface area contributed by atoms with Crippen molar-refractivity contribution in [3.05, 3.63) is 66.2 Å². The zero-order valence-corrected chi connectivity index (χ0v) is 20.9. The standard InChI is InChI=1S/C25H28N6O3.H2S/c1-16(20-5-4-18(25(33)26-2)11-22(20)34-3)13-27-23-12-21(29-15-30-23)19-10-17-6-7-31(8-9-32)24(17)28-14-19;/h4-7,10-12,14-16,32H,8-9,13H2,1-3H3,(H,26,33)(H,27,29,30);1H2/t16-;/m1./s1. The van der Waals surface area contributed by atoms with Gasteiger partial charge in [0, 0.05) is 61.0 Å². The van der Waals surface area contributed by atoms with E-state index >= 15 is 0 Å². The van der Waals surface area contributed by atoms with Crippen LogP contribution in [0.25, 0.3) is 22.3 Å². The summed E-state index contributed by atoms with van der Waals surface area (Å²) in [5, 5.41) is 16.2. The number of rotatable bonds is 9. The number of pyridine rings is 1. The molecule has 0 radical (unpaired) electrons. The number of amides is 1. The van der Waals surface area contributed by atoms with Crippen LogP contribution in [0.1, 0.15) is 28.8 Å². The molecule has 9 nitrogen and oxygen atoms in total. The number of benzene rings is 1. The number of nitrogens with zero attached hydrogens (tertiary/aromatic N) is 4. The molecule has 3 N–H and O–H groups in total. The highest BCUT2D eigenvalue weighted by atomic mass is 32.1. The second-order valence-electron chi connectivity index (χ2n) is 7.98. The second kappa shape index (κ2) is 11.7. The van der Waals surface area contributed by atoms with Crippen molar-refractivity contribution in [1.29, 1.82) is 0 Å². The minimum absolute atomic E-state index is 0. The van der Waals surface area contributed by atoms with Crippen LogP contribution in [0.2, 0.25) is 0 Å². The molecule has 0 spiro atoms. The molecule has 1 aromatic carbocycles. The zero-order chi connectivity index (χ0) is 24.1. The maximum absolute atomic E-state index is 11.9. The smallest absolute Gasteiger partial charge is 0.251 e. The van der Waals surface area contributed by atoms with Crippen molar-refractivity contribution in [3.63, 3.8) is 0 Å². The van der Waals surface area contributed by atoms with Crippen molar-refractivity contribution in [2.75, 3.05) is 32.6 Å². The molecule has 0 fully saturated rings. The number of carbonyl (C=O) groups excluding carboxylic acids is 1. The summed E-state index contributed by atoms with van der Waals surface area (Å²) in [7, 11) is 3.21. The number of carbonyl (C=O) groups is 1. The fourth-order valence-electron chi connectivity index (χ4n) is 3.89. The van der Waals surface area contributed by atoms with E-state index in [-0.39, 0.29) is 31.9 Å². The Labute approximate surface area is 211 Å². The summed E-state index contributed by atoms with van der Waals surface area (Å²) in [4.78, 5) is 25.2. The van der Waals surface area contributed by atoms with Gasteiger partial charge in [-0.3, -0.25) is 4.79 Å². The Hall–Kier alpha value is -3.63. The number of aliphatic hydroxyl groups excluding tert-OH is 1. The van der Waals surface area contributed by atoms with Gasteiger partial charge in [-0.1, -0.05) is 13.0 Å². The normalized spacial score (nSPS) is 11.5. The maximum Gasteiger partial charge on any atom is 0.251 e. The van der Waals surface area contributed by atoms with Gasteiger partial charge in [0.15, 0.2) is 0 Å². The number of anilines is 1. The second-order valence-corrected chi connectivity index (χ2v) is 7.98. The molecule has 4 rings (SSSR count). The molecule has 184 valence electrons. The monoisotopic (exact) mass is 494 g/mol. The van der Waals surface area contributed by atoms with Gasteiger partial charge >= 0.3 is 0 Å². The number of fused-ring (bicyclic) bond motifs is 1. The highest BCUT2D eigenvalue weighted by Crippen LogP contribution is 2.28.